The van der Waals surface area contributed by atoms with E-state index in [0.29, 0.717) is 13.2 Å². The molecule has 1 aliphatic heterocycles. The van der Waals surface area contributed by atoms with Crippen molar-refractivity contribution < 1.29 is 14.3 Å². The molecule has 2 N–H and O–H groups in total. The number of rotatable bonds is 8. The molecule has 0 atom stereocenters. The molecular weight excluding hydrogens is 294 g/mol. The Balaban J connectivity index is 1.87. The topological polar surface area (TPSA) is 62.8 Å². The van der Waals surface area contributed by atoms with E-state index in [0.717, 1.165) is 44.1 Å². The Morgan fingerprint density at radius 1 is 1.35 bits per heavy atom. The fraction of sp³-hybridized carbons (Fsp3) is 0.588. The molecule has 23 heavy (non-hydrogen) atoms. The van der Waals surface area contributed by atoms with Crippen molar-refractivity contribution in [3.63, 3.8) is 0 Å². The summed E-state index contributed by atoms with van der Waals surface area (Å²) in [6.45, 7) is 7.95. The second-order valence-corrected chi connectivity index (χ2v) is 5.76. The van der Waals surface area contributed by atoms with Crippen LogP contribution in [0.4, 0.5) is 5.69 Å². The van der Waals surface area contributed by atoms with Crippen LogP contribution in [0.5, 0.6) is 0 Å². The van der Waals surface area contributed by atoms with E-state index < -0.39 is 0 Å². The zero-order valence-corrected chi connectivity index (χ0v) is 14.1. The van der Waals surface area contributed by atoms with Gasteiger partial charge in [-0.2, -0.15) is 0 Å². The van der Waals surface area contributed by atoms with Crippen LogP contribution in [0.1, 0.15) is 11.1 Å². The van der Waals surface area contributed by atoms with Crippen molar-refractivity contribution in [1.29, 1.82) is 0 Å². The van der Waals surface area contributed by atoms with E-state index in [1.54, 1.807) is 7.11 Å². The summed E-state index contributed by atoms with van der Waals surface area (Å²) in [6, 6.07) is 6.25. The van der Waals surface area contributed by atoms with Gasteiger partial charge in [-0.3, -0.25) is 9.69 Å². The third-order valence-electron chi connectivity index (χ3n) is 3.85. The average molecular weight is 321 g/mol. The number of hydrogen-bond acceptors (Lipinski definition) is 5. The first-order valence-corrected chi connectivity index (χ1v) is 8.08. The van der Waals surface area contributed by atoms with Crippen molar-refractivity contribution in [2.24, 2.45) is 0 Å². The van der Waals surface area contributed by atoms with Crippen LogP contribution in [0.25, 0.3) is 0 Å². The van der Waals surface area contributed by atoms with Gasteiger partial charge in [-0.25, -0.2) is 0 Å². The number of aryl methyl sites for hydroxylation is 1. The predicted octanol–water partition coefficient (Wildman–Crippen LogP) is 1.00. The highest BCUT2D eigenvalue weighted by Gasteiger charge is 2.12. The fourth-order valence-electron chi connectivity index (χ4n) is 2.49. The van der Waals surface area contributed by atoms with Gasteiger partial charge in [0.15, 0.2) is 0 Å². The Labute approximate surface area is 138 Å². The Morgan fingerprint density at radius 2 is 2.13 bits per heavy atom. The summed E-state index contributed by atoms with van der Waals surface area (Å²) in [5.74, 6) is -0.0345. The summed E-state index contributed by atoms with van der Waals surface area (Å²) >= 11 is 0. The second-order valence-electron chi connectivity index (χ2n) is 5.76. The molecular formula is C17H27N3O3. The van der Waals surface area contributed by atoms with Crippen LogP contribution in [-0.2, 0) is 20.8 Å². The number of carbonyl (C=O) groups is 1. The lowest BCUT2D eigenvalue weighted by molar-refractivity contribution is -0.115. The monoisotopic (exact) mass is 321 g/mol. The molecule has 1 aromatic rings. The Morgan fingerprint density at radius 3 is 2.87 bits per heavy atom. The van der Waals surface area contributed by atoms with Gasteiger partial charge in [0.25, 0.3) is 0 Å². The minimum Gasteiger partial charge on any atom is -0.383 e. The van der Waals surface area contributed by atoms with E-state index >= 15 is 0 Å². The number of methoxy groups -OCH3 is 1. The second kappa shape index (κ2) is 9.62. The average Bonchev–Trinajstić information content (AvgIpc) is 2.56. The fourth-order valence-corrected chi connectivity index (χ4v) is 2.49. The Kier molecular flexibility index (Phi) is 7.48. The molecule has 6 nitrogen and oxygen atoms in total. The van der Waals surface area contributed by atoms with Crippen molar-refractivity contribution in [2.45, 2.75) is 13.5 Å². The minimum absolute atomic E-state index is 0.0345. The highest BCUT2D eigenvalue weighted by molar-refractivity contribution is 5.93. The first-order valence-electron chi connectivity index (χ1n) is 8.08. The first kappa shape index (κ1) is 17.9. The number of hydrogen-bond donors (Lipinski definition) is 2. The molecule has 1 amide bonds. The van der Waals surface area contributed by atoms with Gasteiger partial charge >= 0.3 is 0 Å². The first-order chi connectivity index (χ1) is 11.2. The molecule has 0 bridgehead atoms. The van der Waals surface area contributed by atoms with E-state index in [4.69, 9.17) is 9.47 Å². The summed E-state index contributed by atoms with van der Waals surface area (Å²) in [6.07, 6.45) is 0. The zero-order valence-electron chi connectivity index (χ0n) is 14.1. The minimum atomic E-state index is -0.0345. The number of nitrogens with zero attached hydrogens (tertiary/aromatic N) is 1. The molecule has 1 heterocycles. The third-order valence-corrected chi connectivity index (χ3v) is 3.85. The highest BCUT2D eigenvalue weighted by Crippen LogP contribution is 2.18. The molecule has 1 aliphatic rings. The molecule has 2 rings (SSSR count). The van der Waals surface area contributed by atoms with Crippen LogP contribution in [0.2, 0.25) is 0 Å². The predicted molar refractivity (Wildman–Crippen MR) is 90.7 cm³/mol. The number of nitrogens with one attached hydrogen (secondary N) is 2. The summed E-state index contributed by atoms with van der Waals surface area (Å²) < 4.78 is 10.3. The number of carbonyl (C=O) groups excluding carboxylic acids is 1. The van der Waals surface area contributed by atoms with E-state index in [2.05, 4.69) is 33.7 Å². The Bertz CT molecular complexity index is 502. The number of anilines is 1. The molecule has 1 saturated heterocycles. The van der Waals surface area contributed by atoms with Gasteiger partial charge in [-0.05, 0) is 24.1 Å². The lowest BCUT2D eigenvalue weighted by Crippen LogP contribution is -2.35. The Hall–Kier alpha value is -1.47. The van der Waals surface area contributed by atoms with Gasteiger partial charge in [0, 0.05) is 39.0 Å². The van der Waals surface area contributed by atoms with Crippen molar-refractivity contribution in [1.82, 2.24) is 10.2 Å². The van der Waals surface area contributed by atoms with Crippen molar-refractivity contribution in [3.8, 4) is 0 Å². The summed E-state index contributed by atoms with van der Waals surface area (Å²) in [4.78, 5) is 14.4. The highest BCUT2D eigenvalue weighted by atomic mass is 16.5. The molecule has 0 aliphatic carbocycles. The SMILES string of the molecule is COCCNCC(=O)Nc1cc(CN2CCOCC2)ccc1C. The van der Waals surface area contributed by atoms with E-state index in [-0.39, 0.29) is 12.5 Å². The van der Waals surface area contributed by atoms with Crippen molar-refractivity contribution >= 4 is 11.6 Å². The largest absolute Gasteiger partial charge is 0.383 e. The van der Waals surface area contributed by atoms with Gasteiger partial charge in [-0.15, -0.1) is 0 Å². The lowest BCUT2D eigenvalue weighted by atomic mass is 10.1. The van der Waals surface area contributed by atoms with Crippen LogP contribution >= 0.6 is 0 Å². The smallest absolute Gasteiger partial charge is 0.238 e. The molecule has 6 heteroatoms. The van der Waals surface area contributed by atoms with Crippen LogP contribution in [0.15, 0.2) is 18.2 Å². The number of morpholine rings is 1. The standard InChI is InChI=1S/C17H27N3O3/c1-14-3-4-15(13-20-6-9-23-10-7-20)11-16(14)19-17(21)12-18-5-8-22-2/h3-4,11,18H,5-10,12-13H2,1-2H3,(H,19,21). The molecule has 0 spiro atoms. The molecule has 1 aromatic carbocycles. The van der Waals surface area contributed by atoms with Gasteiger partial charge in [-0.1, -0.05) is 12.1 Å². The normalized spacial score (nSPS) is 15.6. The lowest BCUT2D eigenvalue weighted by Gasteiger charge is -2.26. The molecule has 0 saturated carbocycles. The summed E-state index contributed by atoms with van der Waals surface area (Å²) in [5.41, 5.74) is 3.16. The molecule has 1 fully saturated rings. The zero-order chi connectivity index (χ0) is 16.5. The summed E-state index contributed by atoms with van der Waals surface area (Å²) in [7, 11) is 1.64. The van der Waals surface area contributed by atoms with Crippen LogP contribution < -0.4 is 10.6 Å². The number of amides is 1. The van der Waals surface area contributed by atoms with E-state index in [9.17, 15) is 4.79 Å². The maximum atomic E-state index is 12.0. The van der Waals surface area contributed by atoms with E-state index in [1.165, 1.54) is 5.56 Å². The maximum absolute atomic E-state index is 12.0. The summed E-state index contributed by atoms with van der Waals surface area (Å²) in [5, 5.41) is 6.03. The quantitative estimate of drug-likeness (QED) is 0.700. The van der Waals surface area contributed by atoms with Gasteiger partial charge < -0.3 is 20.1 Å². The molecule has 0 aromatic heterocycles. The maximum Gasteiger partial charge on any atom is 0.238 e. The van der Waals surface area contributed by atoms with Crippen molar-refractivity contribution in [3.05, 3.63) is 29.3 Å². The van der Waals surface area contributed by atoms with Gasteiger partial charge in [0.05, 0.1) is 26.4 Å². The van der Waals surface area contributed by atoms with Crippen LogP contribution in [-0.4, -0.2) is 63.9 Å². The van der Waals surface area contributed by atoms with Crippen LogP contribution in [0, 0.1) is 6.92 Å². The molecule has 0 unspecified atom stereocenters. The van der Waals surface area contributed by atoms with Gasteiger partial charge in [0.1, 0.15) is 0 Å². The van der Waals surface area contributed by atoms with Crippen LogP contribution in [0.3, 0.4) is 0 Å². The van der Waals surface area contributed by atoms with Gasteiger partial charge in [0.2, 0.25) is 5.91 Å². The van der Waals surface area contributed by atoms with Crippen molar-refractivity contribution in [2.75, 3.05) is 58.4 Å². The van der Waals surface area contributed by atoms with E-state index in [1.807, 2.05) is 6.92 Å². The molecule has 0 radical (unpaired) electrons. The number of benzene rings is 1. The molecule has 128 valence electrons. The number of ether oxygens (including phenoxy) is 2. The third kappa shape index (κ3) is 6.27.